The van der Waals surface area contributed by atoms with Gasteiger partial charge in [-0.05, 0) is 18.2 Å². The molecule has 0 saturated carbocycles. The molecule has 2 fully saturated rings. The van der Waals surface area contributed by atoms with Gasteiger partial charge in [0.1, 0.15) is 6.04 Å². The van der Waals surface area contributed by atoms with Crippen molar-refractivity contribution >= 4 is 11.8 Å². The maximum Gasteiger partial charge on any atom is 0.256 e. The predicted molar refractivity (Wildman–Crippen MR) is 128 cm³/mol. The number of amides is 2. The van der Waals surface area contributed by atoms with E-state index >= 15 is 0 Å². The fourth-order valence-electron chi connectivity index (χ4n) is 4.91. The maximum atomic E-state index is 14.0. The van der Waals surface area contributed by atoms with E-state index in [4.69, 9.17) is 4.74 Å². The molecule has 2 aromatic carbocycles. The molecule has 33 heavy (non-hydrogen) atoms. The lowest BCUT2D eigenvalue weighted by molar-refractivity contribution is -0.173. The number of nitrogens with zero attached hydrogens (tertiary/aromatic N) is 3. The van der Waals surface area contributed by atoms with Gasteiger partial charge in [0.15, 0.2) is 5.60 Å². The van der Waals surface area contributed by atoms with Crippen molar-refractivity contribution in [1.82, 2.24) is 20.0 Å². The highest BCUT2D eigenvalue weighted by Crippen LogP contribution is 2.27. The first-order valence-electron chi connectivity index (χ1n) is 11.7. The van der Waals surface area contributed by atoms with Crippen LogP contribution in [0.15, 0.2) is 60.7 Å². The summed E-state index contributed by atoms with van der Waals surface area (Å²) < 4.78 is 6.25. The number of ether oxygens (including phenoxy) is 1. The van der Waals surface area contributed by atoms with Crippen molar-refractivity contribution < 1.29 is 14.3 Å². The molecule has 0 aliphatic carbocycles. The minimum atomic E-state index is -0.941. The van der Waals surface area contributed by atoms with Gasteiger partial charge in [-0.25, -0.2) is 0 Å². The molecule has 2 saturated heterocycles. The summed E-state index contributed by atoms with van der Waals surface area (Å²) in [6.07, 6.45) is 0.520. The zero-order valence-corrected chi connectivity index (χ0v) is 19.6. The van der Waals surface area contributed by atoms with Crippen molar-refractivity contribution in [3.05, 3.63) is 71.8 Å². The molecule has 2 aromatic rings. The molecule has 7 nitrogen and oxygen atoms in total. The number of benzene rings is 2. The molecular formula is C26H34N4O3. The predicted octanol–water partition coefficient (Wildman–Crippen LogP) is 1.39. The van der Waals surface area contributed by atoms with Gasteiger partial charge in [0, 0.05) is 52.7 Å². The quantitative estimate of drug-likeness (QED) is 0.721. The molecule has 0 bridgehead atoms. The molecule has 0 radical (unpaired) electrons. The lowest BCUT2D eigenvalue weighted by Gasteiger charge is -2.46. The third-order valence-corrected chi connectivity index (χ3v) is 6.65. The number of nitrogens with one attached hydrogen (secondary N) is 1. The monoisotopic (exact) mass is 450 g/mol. The molecule has 1 N–H and O–H groups in total. The van der Waals surface area contributed by atoms with E-state index < -0.39 is 11.6 Å². The standard InChI is InChI=1S/C26H34N4O3/c1-27-24(31)23-19-30(14-13-29(23)18-22-11-7-4-8-12-22)25(32)26(20-28(2)15-16-33-26)17-21-9-5-3-6-10-21/h3-12,23H,13-20H2,1-2H3,(H,27,31)/t23-,26-/m1/s1. The van der Waals surface area contributed by atoms with Gasteiger partial charge < -0.3 is 19.9 Å². The van der Waals surface area contributed by atoms with E-state index in [2.05, 4.69) is 27.2 Å². The molecule has 2 heterocycles. The Morgan fingerprint density at radius 1 is 1.00 bits per heavy atom. The minimum Gasteiger partial charge on any atom is -0.362 e. The first kappa shape index (κ1) is 23.4. The first-order chi connectivity index (χ1) is 16.0. The van der Waals surface area contributed by atoms with Crippen LogP contribution in [-0.4, -0.2) is 91.6 Å². The van der Waals surface area contributed by atoms with E-state index in [0.717, 1.165) is 17.7 Å². The second-order valence-corrected chi connectivity index (χ2v) is 9.08. The fraction of sp³-hybridized carbons (Fsp3) is 0.462. The van der Waals surface area contributed by atoms with Gasteiger partial charge in [0.25, 0.3) is 5.91 Å². The average molecular weight is 451 g/mol. The largest absolute Gasteiger partial charge is 0.362 e. The average Bonchev–Trinajstić information content (AvgIpc) is 2.84. The summed E-state index contributed by atoms with van der Waals surface area (Å²) >= 11 is 0. The molecule has 7 heteroatoms. The zero-order chi connectivity index (χ0) is 23.3. The number of rotatable bonds is 6. The number of likely N-dealkylation sites (N-methyl/N-ethyl adjacent to an activating group) is 2. The van der Waals surface area contributed by atoms with E-state index in [0.29, 0.717) is 45.8 Å². The van der Waals surface area contributed by atoms with E-state index in [1.807, 2.05) is 60.5 Å². The molecular weight excluding hydrogens is 416 g/mol. The van der Waals surface area contributed by atoms with Crippen LogP contribution in [0.25, 0.3) is 0 Å². The topological polar surface area (TPSA) is 65.1 Å². The van der Waals surface area contributed by atoms with Gasteiger partial charge >= 0.3 is 0 Å². The van der Waals surface area contributed by atoms with Crippen molar-refractivity contribution in [2.75, 3.05) is 53.4 Å². The fourth-order valence-corrected chi connectivity index (χ4v) is 4.91. The van der Waals surface area contributed by atoms with Crippen molar-refractivity contribution in [3.8, 4) is 0 Å². The summed E-state index contributed by atoms with van der Waals surface area (Å²) in [6.45, 7) is 4.09. The molecule has 2 amide bonds. The highest BCUT2D eigenvalue weighted by Gasteiger charge is 2.47. The highest BCUT2D eigenvalue weighted by atomic mass is 16.5. The lowest BCUT2D eigenvalue weighted by atomic mass is 9.90. The zero-order valence-electron chi connectivity index (χ0n) is 19.6. The van der Waals surface area contributed by atoms with Crippen molar-refractivity contribution in [1.29, 1.82) is 0 Å². The van der Waals surface area contributed by atoms with Crippen LogP contribution in [0.4, 0.5) is 0 Å². The van der Waals surface area contributed by atoms with E-state index in [9.17, 15) is 9.59 Å². The van der Waals surface area contributed by atoms with Crippen LogP contribution in [0.3, 0.4) is 0 Å². The van der Waals surface area contributed by atoms with Gasteiger partial charge in [0.2, 0.25) is 5.91 Å². The number of hydrogen-bond donors (Lipinski definition) is 1. The first-order valence-corrected chi connectivity index (χ1v) is 11.7. The highest BCUT2D eigenvalue weighted by molar-refractivity contribution is 5.88. The molecule has 2 aliphatic rings. The van der Waals surface area contributed by atoms with Crippen molar-refractivity contribution in [3.63, 3.8) is 0 Å². The van der Waals surface area contributed by atoms with E-state index in [-0.39, 0.29) is 11.8 Å². The lowest BCUT2D eigenvalue weighted by Crippen LogP contribution is -2.66. The Morgan fingerprint density at radius 2 is 1.67 bits per heavy atom. The van der Waals surface area contributed by atoms with Crippen LogP contribution < -0.4 is 5.32 Å². The van der Waals surface area contributed by atoms with E-state index in [1.54, 1.807) is 7.05 Å². The second-order valence-electron chi connectivity index (χ2n) is 9.08. The van der Waals surface area contributed by atoms with Gasteiger partial charge in [-0.1, -0.05) is 60.7 Å². The van der Waals surface area contributed by atoms with Crippen LogP contribution in [0.2, 0.25) is 0 Å². The molecule has 176 valence electrons. The van der Waals surface area contributed by atoms with Crippen LogP contribution in [0.1, 0.15) is 11.1 Å². The number of morpholine rings is 1. The van der Waals surface area contributed by atoms with Crippen molar-refractivity contribution in [2.45, 2.75) is 24.6 Å². The van der Waals surface area contributed by atoms with Gasteiger partial charge in [-0.15, -0.1) is 0 Å². The Morgan fingerprint density at radius 3 is 2.30 bits per heavy atom. The minimum absolute atomic E-state index is 0.0221. The van der Waals surface area contributed by atoms with Gasteiger partial charge in [-0.3, -0.25) is 14.5 Å². The number of piperazine rings is 1. The maximum absolute atomic E-state index is 14.0. The molecule has 2 atom stereocenters. The Kier molecular flexibility index (Phi) is 7.42. The molecule has 0 unspecified atom stereocenters. The Bertz CT molecular complexity index is 939. The van der Waals surface area contributed by atoms with Crippen molar-refractivity contribution in [2.24, 2.45) is 0 Å². The van der Waals surface area contributed by atoms with E-state index in [1.165, 1.54) is 0 Å². The third kappa shape index (κ3) is 5.43. The summed E-state index contributed by atoms with van der Waals surface area (Å²) in [5, 5.41) is 2.79. The molecule has 2 aliphatic heterocycles. The summed E-state index contributed by atoms with van der Waals surface area (Å²) in [5.74, 6) is -0.0895. The van der Waals surface area contributed by atoms with Gasteiger partial charge in [0.05, 0.1) is 6.61 Å². The SMILES string of the molecule is CNC(=O)[C@H]1CN(C(=O)[C@@]2(Cc3ccccc3)CN(C)CCO2)CCN1Cc1ccccc1. The van der Waals surface area contributed by atoms with Crippen LogP contribution in [-0.2, 0) is 27.3 Å². The number of carbonyl (C=O) groups excluding carboxylic acids is 2. The number of carbonyl (C=O) groups is 2. The summed E-state index contributed by atoms with van der Waals surface area (Å²) in [5.41, 5.74) is 1.29. The molecule has 0 aromatic heterocycles. The summed E-state index contributed by atoms with van der Waals surface area (Å²) in [7, 11) is 3.68. The third-order valence-electron chi connectivity index (χ3n) is 6.65. The van der Waals surface area contributed by atoms with Crippen LogP contribution >= 0.6 is 0 Å². The molecule has 0 spiro atoms. The van der Waals surface area contributed by atoms with Crippen LogP contribution in [0, 0.1) is 0 Å². The number of hydrogen-bond acceptors (Lipinski definition) is 5. The molecule has 4 rings (SSSR count). The normalized spacial score (nSPS) is 24.4. The van der Waals surface area contributed by atoms with Gasteiger partial charge in [-0.2, -0.15) is 0 Å². The van der Waals surface area contributed by atoms with Crippen LogP contribution in [0.5, 0.6) is 0 Å². The Labute approximate surface area is 196 Å². The Balaban J connectivity index is 1.54. The summed E-state index contributed by atoms with van der Waals surface area (Å²) in [4.78, 5) is 32.9. The Hall–Kier alpha value is -2.74. The smallest absolute Gasteiger partial charge is 0.256 e. The second kappa shape index (κ2) is 10.5. The summed E-state index contributed by atoms with van der Waals surface area (Å²) in [6, 6.07) is 19.8.